The lowest BCUT2D eigenvalue weighted by Crippen LogP contribution is -2.32. The lowest BCUT2D eigenvalue weighted by molar-refractivity contribution is 0.0738. The van der Waals surface area contributed by atoms with Gasteiger partial charge in [0.1, 0.15) is 0 Å². The summed E-state index contributed by atoms with van der Waals surface area (Å²) >= 11 is 6.51. The van der Waals surface area contributed by atoms with Crippen LogP contribution in [0.3, 0.4) is 0 Å². The van der Waals surface area contributed by atoms with Crippen molar-refractivity contribution in [2.45, 2.75) is 38.6 Å². The predicted octanol–water partition coefficient (Wildman–Crippen LogP) is 6.33. The van der Waals surface area contributed by atoms with Crippen LogP contribution in [0.5, 0.6) is 17.4 Å². The quantitative estimate of drug-likeness (QED) is 0.419. The van der Waals surface area contributed by atoms with Gasteiger partial charge in [-0.15, -0.1) is 0 Å². The normalized spacial score (nSPS) is 16.6. The third-order valence-electron chi connectivity index (χ3n) is 6.52. The molecular formula is C28H30ClN3O3. The summed E-state index contributed by atoms with van der Waals surface area (Å²) in [4.78, 5) is 22.4. The van der Waals surface area contributed by atoms with Crippen LogP contribution in [0.2, 0.25) is 5.02 Å². The van der Waals surface area contributed by atoms with Gasteiger partial charge in [-0.05, 0) is 68.5 Å². The molecule has 3 aromatic rings. The lowest BCUT2D eigenvalue weighted by atomic mass is 10.1. The number of nitrogens with zero attached hydrogens (tertiary/aromatic N) is 3. The van der Waals surface area contributed by atoms with E-state index in [1.807, 2.05) is 59.5 Å². The van der Waals surface area contributed by atoms with E-state index in [4.69, 9.17) is 21.1 Å². The van der Waals surface area contributed by atoms with E-state index in [1.54, 1.807) is 6.20 Å². The van der Waals surface area contributed by atoms with Crippen LogP contribution < -0.4 is 14.4 Å². The molecule has 1 fully saturated rings. The first-order chi connectivity index (χ1) is 17.2. The summed E-state index contributed by atoms with van der Waals surface area (Å²) in [6, 6.07) is 17.1. The number of para-hydroxylation sites is 2. The van der Waals surface area contributed by atoms with Gasteiger partial charge in [0, 0.05) is 37.0 Å². The number of hydrogen-bond donors (Lipinski definition) is 0. The van der Waals surface area contributed by atoms with Gasteiger partial charge in [0.15, 0.2) is 11.5 Å². The Morgan fingerprint density at radius 2 is 1.69 bits per heavy atom. The zero-order chi connectivity index (χ0) is 24.0. The predicted molar refractivity (Wildman–Crippen MR) is 138 cm³/mol. The van der Waals surface area contributed by atoms with Gasteiger partial charge in [-0.3, -0.25) is 4.79 Å². The third kappa shape index (κ3) is 5.54. The van der Waals surface area contributed by atoms with Crippen LogP contribution in [-0.4, -0.2) is 42.0 Å². The molecule has 3 heterocycles. The molecule has 0 saturated carbocycles. The second-order valence-electron chi connectivity index (χ2n) is 9.01. The maximum atomic E-state index is 13.7. The highest BCUT2D eigenvalue weighted by Gasteiger charge is 2.22. The fourth-order valence-corrected chi connectivity index (χ4v) is 4.88. The minimum Gasteiger partial charge on any atom is -0.490 e. The molecular weight excluding hydrogens is 462 g/mol. The summed E-state index contributed by atoms with van der Waals surface area (Å²) in [7, 11) is 0. The number of anilines is 1. The molecule has 182 valence electrons. The Morgan fingerprint density at radius 1 is 0.886 bits per heavy atom. The van der Waals surface area contributed by atoms with Gasteiger partial charge >= 0.3 is 0 Å². The van der Waals surface area contributed by atoms with Gasteiger partial charge in [0.05, 0.1) is 23.9 Å². The monoisotopic (exact) mass is 491 g/mol. The van der Waals surface area contributed by atoms with Gasteiger partial charge < -0.3 is 19.3 Å². The maximum Gasteiger partial charge on any atom is 0.254 e. The Hall–Kier alpha value is -3.25. The average Bonchev–Trinajstić information content (AvgIpc) is 3.42. The highest BCUT2D eigenvalue weighted by molar-refractivity contribution is 6.33. The van der Waals surface area contributed by atoms with Crippen molar-refractivity contribution >= 4 is 23.2 Å². The van der Waals surface area contributed by atoms with Crippen LogP contribution in [-0.2, 0) is 6.54 Å². The molecule has 0 N–H and O–H groups in total. The molecule has 0 spiro atoms. The van der Waals surface area contributed by atoms with E-state index in [1.165, 1.54) is 0 Å². The molecule has 5 rings (SSSR count). The molecule has 1 aromatic heterocycles. The fraction of sp³-hybridized carbons (Fsp3) is 0.357. The van der Waals surface area contributed by atoms with E-state index in [-0.39, 0.29) is 5.91 Å². The van der Waals surface area contributed by atoms with Crippen molar-refractivity contribution in [3.8, 4) is 17.4 Å². The number of fused-ring (bicyclic) bond motifs is 2. The van der Waals surface area contributed by atoms with E-state index < -0.39 is 0 Å². The minimum absolute atomic E-state index is 0.0107. The largest absolute Gasteiger partial charge is 0.490 e. The molecule has 0 radical (unpaired) electrons. The molecule has 0 bridgehead atoms. The van der Waals surface area contributed by atoms with Crippen molar-refractivity contribution in [1.29, 1.82) is 0 Å². The van der Waals surface area contributed by atoms with Gasteiger partial charge in [-0.1, -0.05) is 29.8 Å². The molecule has 7 heteroatoms. The van der Waals surface area contributed by atoms with Crippen LogP contribution in [0.1, 0.15) is 48.0 Å². The molecule has 2 aromatic carbocycles. The van der Waals surface area contributed by atoms with Gasteiger partial charge in [0.2, 0.25) is 5.88 Å². The number of carbonyl (C=O) groups excluding carboxylic acids is 1. The highest BCUT2D eigenvalue weighted by atomic mass is 35.5. The van der Waals surface area contributed by atoms with E-state index in [0.717, 1.165) is 56.4 Å². The summed E-state index contributed by atoms with van der Waals surface area (Å²) in [5.41, 5.74) is 2.45. The standard InChI is InChI=1S/C28H30ClN3O3/c29-23-13-12-21(19-24(23)31-15-5-6-16-31)28(33)32-17-4-1-7-18-34-25-10-2-3-11-26(25)35-27-22(20-32)9-8-14-30-27/h2-3,8-14,19H,1,4-7,15-18,20H2. The first kappa shape index (κ1) is 23.5. The molecule has 2 aliphatic heterocycles. The number of ether oxygens (including phenoxy) is 2. The van der Waals surface area contributed by atoms with Crippen LogP contribution in [0.15, 0.2) is 60.8 Å². The zero-order valence-electron chi connectivity index (χ0n) is 19.8. The number of amides is 1. The number of rotatable bonds is 2. The fourth-order valence-electron chi connectivity index (χ4n) is 4.64. The molecule has 6 nitrogen and oxygen atoms in total. The summed E-state index contributed by atoms with van der Waals surface area (Å²) < 4.78 is 12.2. The highest BCUT2D eigenvalue weighted by Crippen LogP contribution is 2.34. The summed E-state index contributed by atoms with van der Waals surface area (Å²) in [5.74, 6) is 1.79. The number of benzene rings is 2. The number of aromatic nitrogens is 1. The SMILES string of the molecule is O=C(c1ccc(Cl)c(N2CCCC2)c1)N1CCCCCOc2ccccc2Oc2ncccc2C1. The van der Waals surface area contributed by atoms with Gasteiger partial charge in [0.25, 0.3) is 5.91 Å². The van der Waals surface area contributed by atoms with Crippen LogP contribution >= 0.6 is 11.6 Å². The number of halogens is 1. The van der Waals surface area contributed by atoms with E-state index in [0.29, 0.717) is 47.7 Å². The summed E-state index contributed by atoms with van der Waals surface area (Å²) in [6.45, 7) is 3.59. The first-order valence-corrected chi connectivity index (χ1v) is 12.7. The molecule has 35 heavy (non-hydrogen) atoms. The Kier molecular flexibility index (Phi) is 7.38. The van der Waals surface area contributed by atoms with Crippen LogP contribution in [0, 0.1) is 0 Å². The molecule has 1 saturated heterocycles. The van der Waals surface area contributed by atoms with E-state index in [9.17, 15) is 4.79 Å². The van der Waals surface area contributed by atoms with Crippen molar-refractivity contribution in [2.75, 3.05) is 31.1 Å². The molecule has 0 unspecified atom stereocenters. The van der Waals surface area contributed by atoms with Gasteiger partial charge in [-0.2, -0.15) is 0 Å². The zero-order valence-corrected chi connectivity index (χ0v) is 20.5. The smallest absolute Gasteiger partial charge is 0.254 e. The van der Waals surface area contributed by atoms with Gasteiger partial charge in [-0.25, -0.2) is 4.98 Å². The Labute approximate surface area is 211 Å². The van der Waals surface area contributed by atoms with Crippen molar-refractivity contribution < 1.29 is 14.3 Å². The second-order valence-corrected chi connectivity index (χ2v) is 9.42. The van der Waals surface area contributed by atoms with E-state index in [2.05, 4.69) is 9.88 Å². The topological polar surface area (TPSA) is 54.9 Å². The number of hydrogen-bond acceptors (Lipinski definition) is 5. The van der Waals surface area contributed by atoms with Crippen molar-refractivity contribution in [3.05, 3.63) is 76.9 Å². The first-order valence-electron chi connectivity index (χ1n) is 12.4. The van der Waals surface area contributed by atoms with Crippen LogP contribution in [0.4, 0.5) is 5.69 Å². The Bertz CT molecular complexity index is 1180. The number of carbonyl (C=O) groups is 1. The van der Waals surface area contributed by atoms with Crippen molar-refractivity contribution in [2.24, 2.45) is 0 Å². The lowest BCUT2D eigenvalue weighted by Gasteiger charge is -2.25. The van der Waals surface area contributed by atoms with Crippen LogP contribution in [0.25, 0.3) is 0 Å². The third-order valence-corrected chi connectivity index (χ3v) is 6.84. The molecule has 0 atom stereocenters. The second kappa shape index (κ2) is 11.0. The molecule has 1 amide bonds. The van der Waals surface area contributed by atoms with E-state index >= 15 is 0 Å². The molecule has 2 aliphatic rings. The summed E-state index contributed by atoms with van der Waals surface area (Å²) in [6.07, 6.45) is 6.76. The van der Waals surface area contributed by atoms with Crippen molar-refractivity contribution in [3.63, 3.8) is 0 Å². The molecule has 0 aliphatic carbocycles. The Morgan fingerprint density at radius 3 is 2.54 bits per heavy atom. The maximum absolute atomic E-state index is 13.7. The Balaban J connectivity index is 1.44. The average molecular weight is 492 g/mol. The van der Waals surface area contributed by atoms with Crippen molar-refractivity contribution in [1.82, 2.24) is 9.88 Å². The summed E-state index contributed by atoms with van der Waals surface area (Å²) in [5, 5.41) is 0.690. The number of pyridine rings is 1. The minimum atomic E-state index is -0.0107.